The van der Waals surface area contributed by atoms with E-state index in [9.17, 15) is 18.8 Å². The van der Waals surface area contributed by atoms with Crippen LogP contribution < -0.4 is 10.6 Å². The van der Waals surface area contributed by atoms with Crippen molar-refractivity contribution in [2.24, 2.45) is 5.92 Å². The van der Waals surface area contributed by atoms with Crippen molar-refractivity contribution >= 4 is 23.5 Å². The van der Waals surface area contributed by atoms with Crippen molar-refractivity contribution in [3.8, 4) is 0 Å². The third kappa shape index (κ3) is 5.56. The first-order valence-corrected chi connectivity index (χ1v) is 9.99. The fourth-order valence-electron chi connectivity index (χ4n) is 3.86. The van der Waals surface area contributed by atoms with Gasteiger partial charge in [0.05, 0.1) is 0 Å². The number of carbonyl (C=O) groups is 3. The summed E-state index contributed by atoms with van der Waals surface area (Å²) in [6.45, 7) is 5.88. The molecule has 1 aromatic carbocycles. The topological polar surface area (TPSA) is 81.8 Å². The summed E-state index contributed by atoms with van der Waals surface area (Å²) in [7, 11) is 0. The van der Waals surface area contributed by atoms with Gasteiger partial charge in [0.2, 0.25) is 11.8 Å². The molecule has 2 fully saturated rings. The minimum atomic E-state index is -0.356. The molecule has 0 radical (unpaired) electrons. The molecule has 156 valence electrons. The highest BCUT2D eigenvalue weighted by Gasteiger charge is 2.31. The zero-order valence-electron chi connectivity index (χ0n) is 16.4. The SMILES string of the molecule is C=CC(=O)N1CCC(C(=O)N2CCC(NC(=O)Nc3ccc(F)cc3)CC2)CC1. The second kappa shape index (κ2) is 9.54. The summed E-state index contributed by atoms with van der Waals surface area (Å²) in [6.07, 6.45) is 4.05. The Hall–Kier alpha value is -2.90. The van der Waals surface area contributed by atoms with Crippen LogP contribution in [0.3, 0.4) is 0 Å². The molecule has 1 aromatic rings. The highest BCUT2D eigenvalue weighted by molar-refractivity contribution is 5.89. The van der Waals surface area contributed by atoms with Crippen molar-refractivity contribution in [2.75, 3.05) is 31.5 Å². The summed E-state index contributed by atoms with van der Waals surface area (Å²) in [6, 6.07) is 5.25. The predicted molar refractivity (Wildman–Crippen MR) is 108 cm³/mol. The maximum absolute atomic E-state index is 12.9. The summed E-state index contributed by atoms with van der Waals surface area (Å²) in [5.41, 5.74) is 0.526. The Labute approximate surface area is 169 Å². The van der Waals surface area contributed by atoms with E-state index in [0.717, 1.165) is 0 Å². The Balaban J connectivity index is 1.40. The number of anilines is 1. The quantitative estimate of drug-likeness (QED) is 0.759. The molecule has 0 unspecified atom stereocenters. The zero-order chi connectivity index (χ0) is 20.8. The maximum Gasteiger partial charge on any atom is 0.319 e. The zero-order valence-corrected chi connectivity index (χ0v) is 16.4. The van der Waals surface area contributed by atoms with Crippen LogP contribution in [0, 0.1) is 11.7 Å². The smallest absolute Gasteiger partial charge is 0.319 e. The normalized spacial score (nSPS) is 18.2. The molecule has 2 N–H and O–H groups in total. The number of halogens is 1. The van der Waals surface area contributed by atoms with Crippen LogP contribution in [0.1, 0.15) is 25.7 Å². The molecule has 8 heteroatoms. The van der Waals surface area contributed by atoms with Crippen LogP contribution in [0.4, 0.5) is 14.9 Å². The molecule has 0 saturated carbocycles. The van der Waals surface area contributed by atoms with Crippen molar-refractivity contribution in [1.82, 2.24) is 15.1 Å². The molecule has 7 nitrogen and oxygen atoms in total. The highest BCUT2D eigenvalue weighted by atomic mass is 19.1. The lowest BCUT2D eigenvalue weighted by molar-refractivity contribution is -0.140. The van der Waals surface area contributed by atoms with Crippen LogP contribution in [0.15, 0.2) is 36.9 Å². The van der Waals surface area contributed by atoms with Gasteiger partial charge in [0.25, 0.3) is 0 Å². The third-order valence-corrected chi connectivity index (χ3v) is 5.57. The Morgan fingerprint density at radius 1 is 0.966 bits per heavy atom. The van der Waals surface area contributed by atoms with Gasteiger partial charge in [-0.15, -0.1) is 0 Å². The van der Waals surface area contributed by atoms with Gasteiger partial charge in [-0.25, -0.2) is 9.18 Å². The maximum atomic E-state index is 12.9. The van der Waals surface area contributed by atoms with Crippen LogP contribution in [-0.4, -0.2) is 59.9 Å². The lowest BCUT2D eigenvalue weighted by Gasteiger charge is -2.37. The molecule has 0 spiro atoms. The van der Waals surface area contributed by atoms with Gasteiger partial charge in [-0.3, -0.25) is 9.59 Å². The minimum absolute atomic E-state index is 0.00782. The monoisotopic (exact) mass is 402 g/mol. The number of benzene rings is 1. The summed E-state index contributed by atoms with van der Waals surface area (Å²) in [5, 5.41) is 5.59. The van der Waals surface area contributed by atoms with Gasteiger partial charge in [0.15, 0.2) is 0 Å². The van der Waals surface area contributed by atoms with Crippen LogP contribution in [0.25, 0.3) is 0 Å². The van der Waals surface area contributed by atoms with E-state index < -0.39 is 0 Å². The molecule has 0 bridgehead atoms. The number of carbonyl (C=O) groups excluding carboxylic acids is 3. The van der Waals surface area contributed by atoms with Crippen molar-refractivity contribution in [3.05, 3.63) is 42.7 Å². The molecule has 2 aliphatic rings. The summed E-state index contributed by atoms with van der Waals surface area (Å²) in [5.74, 6) is -0.340. The fourth-order valence-corrected chi connectivity index (χ4v) is 3.86. The molecule has 2 aliphatic heterocycles. The molecule has 29 heavy (non-hydrogen) atoms. The Bertz CT molecular complexity index is 752. The van der Waals surface area contributed by atoms with E-state index in [2.05, 4.69) is 17.2 Å². The first-order chi connectivity index (χ1) is 14.0. The number of nitrogens with one attached hydrogen (secondary N) is 2. The van der Waals surface area contributed by atoms with Gasteiger partial charge in [0, 0.05) is 43.8 Å². The standard InChI is InChI=1S/C21H27FN4O3/c1-2-19(27)25-11-7-15(8-12-25)20(28)26-13-9-18(10-14-26)24-21(29)23-17-5-3-16(22)4-6-17/h2-6,15,18H,1,7-14H2,(H2,23,24,29). The number of piperidine rings is 2. The average Bonchev–Trinajstić information content (AvgIpc) is 2.75. The second-order valence-electron chi connectivity index (χ2n) is 7.51. The number of nitrogens with zero attached hydrogens (tertiary/aromatic N) is 2. The fraction of sp³-hybridized carbons (Fsp3) is 0.476. The molecule has 2 saturated heterocycles. The summed E-state index contributed by atoms with van der Waals surface area (Å²) in [4.78, 5) is 40.1. The number of hydrogen-bond acceptors (Lipinski definition) is 3. The Kier molecular flexibility index (Phi) is 6.85. The largest absolute Gasteiger partial charge is 0.342 e. The van der Waals surface area contributed by atoms with E-state index >= 15 is 0 Å². The Morgan fingerprint density at radius 3 is 2.14 bits per heavy atom. The van der Waals surface area contributed by atoms with Crippen LogP contribution in [0.2, 0.25) is 0 Å². The van der Waals surface area contributed by atoms with Crippen molar-refractivity contribution in [3.63, 3.8) is 0 Å². The molecule has 4 amide bonds. The molecular weight excluding hydrogens is 375 g/mol. The molecule has 2 heterocycles. The van der Waals surface area contributed by atoms with Gasteiger partial charge < -0.3 is 20.4 Å². The van der Waals surface area contributed by atoms with E-state index in [1.807, 2.05) is 4.90 Å². The van der Waals surface area contributed by atoms with Crippen LogP contribution in [-0.2, 0) is 9.59 Å². The number of rotatable bonds is 4. The van der Waals surface area contributed by atoms with Crippen molar-refractivity contribution < 1.29 is 18.8 Å². The van der Waals surface area contributed by atoms with Crippen LogP contribution in [0.5, 0.6) is 0 Å². The molecule has 3 rings (SSSR count). The van der Waals surface area contributed by atoms with Gasteiger partial charge in [0.1, 0.15) is 5.82 Å². The summed E-state index contributed by atoms with van der Waals surface area (Å²) < 4.78 is 12.9. The Morgan fingerprint density at radius 2 is 1.55 bits per heavy atom. The van der Waals surface area contributed by atoms with Crippen LogP contribution >= 0.6 is 0 Å². The van der Waals surface area contributed by atoms with Gasteiger partial charge in [-0.1, -0.05) is 6.58 Å². The van der Waals surface area contributed by atoms with E-state index in [0.29, 0.717) is 57.5 Å². The molecule has 0 atom stereocenters. The minimum Gasteiger partial charge on any atom is -0.342 e. The van der Waals surface area contributed by atoms with E-state index in [4.69, 9.17) is 0 Å². The average molecular weight is 402 g/mol. The van der Waals surface area contributed by atoms with Gasteiger partial charge in [-0.2, -0.15) is 0 Å². The first-order valence-electron chi connectivity index (χ1n) is 9.99. The molecule has 0 aliphatic carbocycles. The van der Waals surface area contributed by atoms with Gasteiger partial charge >= 0.3 is 6.03 Å². The highest BCUT2D eigenvalue weighted by Crippen LogP contribution is 2.22. The van der Waals surface area contributed by atoms with Crippen molar-refractivity contribution in [1.29, 1.82) is 0 Å². The lowest BCUT2D eigenvalue weighted by atomic mass is 9.93. The second-order valence-corrected chi connectivity index (χ2v) is 7.51. The number of amides is 4. The number of hydrogen-bond donors (Lipinski definition) is 2. The van der Waals surface area contributed by atoms with Gasteiger partial charge in [-0.05, 0) is 56.0 Å². The summed E-state index contributed by atoms with van der Waals surface area (Å²) >= 11 is 0. The third-order valence-electron chi connectivity index (χ3n) is 5.57. The lowest BCUT2D eigenvalue weighted by Crippen LogP contribution is -2.50. The van der Waals surface area contributed by atoms with E-state index in [1.54, 1.807) is 4.90 Å². The molecule has 0 aromatic heterocycles. The first kappa shape index (κ1) is 20.8. The number of likely N-dealkylation sites (tertiary alicyclic amines) is 2. The predicted octanol–water partition coefficient (Wildman–Crippen LogP) is 2.36. The van der Waals surface area contributed by atoms with E-state index in [-0.39, 0.29) is 35.6 Å². The van der Waals surface area contributed by atoms with E-state index in [1.165, 1.54) is 30.3 Å². The molecular formula is C21H27FN4O3. The van der Waals surface area contributed by atoms with Crippen molar-refractivity contribution in [2.45, 2.75) is 31.7 Å². The number of urea groups is 1.